The molecule has 1 saturated heterocycles. The SMILES string of the molecule is C[C@H](N)C(=O)N[C@@H](C(=O)N1CCC[C@H]1C(=O)NC(c1ccccc1)c1ccccc1)C1CCCCC1.O=C(O)C(F)(F)F. The molecule has 2 aliphatic rings. The van der Waals surface area contributed by atoms with Crippen LogP contribution in [0.25, 0.3) is 0 Å². The maximum atomic E-state index is 13.8. The van der Waals surface area contributed by atoms with Crippen LogP contribution in [0.1, 0.15) is 69.0 Å². The second kappa shape index (κ2) is 15.5. The van der Waals surface area contributed by atoms with E-state index in [4.69, 9.17) is 15.6 Å². The Morgan fingerprint density at radius 3 is 1.84 bits per heavy atom. The molecule has 2 fully saturated rings. The summed E-state index contributed by atoms with van der Waals surface area (Å²) in [6.45, 7) is 2.13. The van der Waals surface area contributed by atoms with Gasteiger partial charge in [-0.2, -0.15) is 13.2 Å². The number of nitrogens with zero attached hydrogens (tertiary/aromatic N) is 1. The fourth-order valence-corrected chi connectivity index (χ4v) is 5.50. The third-order valence-electron chi connectivity index (χ3n) is 7.73. The summed E-state index contributed by atoms with van der Waals surface area (Å²) in [7, 11) is 0. The molecule has 12 heteroatoms. The van der Waals surface area contributed by atoms with Crippen molar-refractivity contribution in [2.24, 2.45) is 11.7 Å². The van der Waals surface area contributed by atoms with Crippen LogP contribution in [-0.4, -0.2) is 64.5 Å². The Hall–Kier alpha value is -3.93. The number of hydrogen-bond acceptors (Lipinski definition) is 5. The average molecular weight is 605 g/mol. The Bertz CT molecular complexity index is 1180. The number of nitrogens with one attached hydrogen (secondary N) is 2. The molecule has 1 aliphatic heterocycles. The summed E-state index contributed by atoms with van der Waals surface area (Å²) in [5, 5.41) is 13.3. The smallest absolute Gasteiger partial charge is 0.475 e. The molecule has 0 bridgehead atoms. The maximum Gasteiger partial charge on any atom is 0.490 e. The molecule has 0 spiro atoms. The summed E-state index contributed by atoms with van der Waals surface area (Å²) in [5.74, 6) is -3.34. The van der Waals surface area contributed by atoms with Crippen molar-refractivity contribution in [2.75, 3.05) is 6.54 Å². The van der Waals surface area contributed by atoms with Gasteiger partial charge in [-0.3, -0.25) is 14.4 Å². The van der Waals surface area contributed by atoms with E-state index in [0.717, 1.165) is 49.7 Å². The minimum Gasteiger partial charge on any atom is -0.475 e. The van der Waals surface area contributed by atoms with E-state index in [9.17, 15) is 27.6 Å². The standard InChI is InChI=1S/C29H38N4O3.C2HF3O2/c1-20(30)27(34)32-26(23-16-9-4-10-17-23)29(36)33-19-11-18-24(33)28(35)31-25(21-12-5-2-6-13-21)22-14-7-3-8-15-22;3-2(4,5)1(6)7/h2-3,5-8,12-15,20,23-26H,4,9-11,16-19,30H2,1H3,(H,31,35)(H,32,34);(H,6,7)/t20-,24-,26+;/m0./s1. The Kier molecular flexibility index (Phi) is 12.1. The third kappa shape index (κ3) is 9.54. The molecule has 5 N–H and O–H groups in total. The summed E-state index contributed by atoms with van der Waals surface area (Å²) in [6.07, 6.45) is 1.30. The van der Waals surface area contributed by atoms with Gasteiger partial charge in [-0.05, 0) is 49.7 Å². The molecule has 0 unspecified atom stereocenters. The van der Waals surface area contributed by atoms with Crippen LogP contribution in [0, 0.1) is 5.92 Å². The lowest BCUT2D eigenvalue weighted by Gasteiger charge is -2.35. The maximum absolute atomic E-state index is 13.8. The van der Waals surface area contributed by atoms with Crippen molar-refractivity contribution in [3.63, 3.8) is 0 Å². The van der Waals surface area contributed by atoms with Gasteiger partial charge < -0.3 is 26.4 Å². The van der Waals surface area contributed by atoms with Crippen molar-refractivity contribution in [1.82, 2.24) is 15.5 Å². The van der Waals surface area contributed by atoms with Gasteiger partial charge in [0.1, 0.15) is 12.1 Å². The first kappa shape index (κ1) is 33.6. The number of carbonyl (C=O) groups is 4. The fraction of sp³-hybridized carbons (Fsp3) is 0.484. The number of amides is 3. The van der Waals surface area contributed by atoms with Crippen molar-refractivity contribution in [3.8, 4) is 0 Å². The van der Waals surface area contributed by atoms with Crippen LogP contribution >= 0.6 is 0 Å². The summed E-state index contributed by atoms with van der Waals surface area (Å²) in [6, 6.07) is 17.5. The van der Waals surface area contributed by atoms with Gasteiger partial charge >= 0.3 is 12.1 Å². The molecule has 1 aliphatic carbocycles. The van der Waals surface area contributed by atoms with E-state index < -0.39 is 30.3 Å². The number of likely N-dealkylation sites (tertiary alicyclic amines) is 1. The van der Waals surface area contributed by atoms with Crippen LogP contribution in [0.15, 0.2) is 60.7 Å². The number of aliphatic carboxylic acids is 1. The Morgan fingerprint density at radius 2 is 1.37 bits per heavy atom. The van der Waals surface area contributed by atoms with Crippen LogP contribution in [0.5, 0.6) is 0 Å². The number of benzene rings is 2. The molecule has 3 amide bonds. The van der Waals surface area contributed by atoms with Gasteiger partial charge in [0.15, 0.2) is 0 Å². The zero-order chi connectivity index (χ0) is 31.6. The largest absolute Gasteiger partial charge is 0.490 e. The highest BCUT2D eigenvalue weighted by Crippen LogP contribution is 2.30. The van der Waals surface area contributed by atoms with Crippen molar-refractivity contribution in [3.05, 3.63) is 71.8 Å². The highest BCUT2D eigenvalue weighted by atomic mass is 19.4. The molecule has 0 radical (unpaired) electrons. The zero-order valence-corrected chi connectivity index (χ0v) is 24.1. The number of hydrogen-bond donors (Lipinski definition) is 4. The molecular formula is C31H39F3N4O5. The number of rotatable bonds is 8. The van der Waals surface area contributed by atoms with E-state index in [0.29, 0.717) is 13.0 Å². The number of alkyl halides is 3. The van der Waals surface area contributed by atoms with E-state index in [-0.39, 0.29) is 29.7 Å². The quantitative estimate of drug-likeness (QED) is 0.360. The van der Waals surface area contributed by atoms with E-state index in [1.807, 2.05) is 60.7 Å². The summed E-state index contributed by atoms with van der Waals surface area (Å²) < 4.78 is 31.7. The third-order valence-corrected chi connectivity index (χ3v) is 7.73. The molecular weight excluding hydrogens is 565 g/mol. The van der Waals surface area contributed by atoms with Crippen molar-refractivity contribution in [2.45, 2.75) is 82.2 Å². The highest BCUT2D eigenvalue weighted by Gasteiger charge is 2.41. The van der Waals surface area contributed by atoms with Gasteiger partial charge in [0, 0.05) is 6.54 Å². The first-order chi connectivity index (χ1) is 20.4. The van der Waals surface area contributed by atoms with Crippen molar-refractivity contribution >= 4 is 23.7 Å². The van der Waals surface area contributed by atoms with Gasteiger partial charge in [0.05, 0.1) is 12.1 Å². The Morgan fingerprint density at radius 1 is 0.860 bits per heavy atom. The van der Waals surface area contributed by atoms with Crippen LogP contribution in [0.2, 0.25) is 0 Å². The molecule has 3 atom stereocenters. The molecule has 9 nitrogen and oxygen atoms in total. The molecule has 2 aromatic rings. The summed E-state index contributed by atoms with van der Waals surface area (Å²) >= 11 is 0. The normalized spacial score (nSPS) is 18.7. The predicted octanol–water partition coefficient (Wildman–Crippen LogP) is 3.93. The highest BCUT2D eigenvalue weighted by molar-refractivity contribution is 5.93. The Balaban J connectivity index is 0.000000646. The number of carbonyl (C=O) groups excluding carboxylic acids is 3. The van der Waals surface area contributed by atoms with Crippen molar-refractivity contribution < 1.29 is 37.5 Å². The lowest BCUT2D eigenvalue weighted by Crippen LogP contribution is -2.58. The minimum atomic E-state index is -5.08. The van der Waals surface area contributed by atoms with Crippen LogP contribution < -0.4 is 16.4 Å². The van der Waals surface area contributed by atoms with E-state index in [2.05, 4.69) is 10.6 Å². The molecule has 1 saturated carbocycles. The number of carboxylic acids is 1. The lowest BCUT2D eigenvalue weighted by molar-refractivity contribution is -0.192. The van der Waals surface area contributed by atoms with Crippen LogP contribution in [-0.2, 0) is 19.2 Å². The lowest BCUT2D eigenvalue weighted by atomic mass is 9.83. The van der Waals surface area contributed by atoms with E-state index in [1.54, 1.807) is 11.8 Å². The number of carboxylic acid groups (broad SMARTS) is 1. The molecule has 0 aromatic heterocycles. The molecule has 2 aromatic carbocycles. The first-order valence-corrected chi connectivity index (χ1v) is 14.5. The number of halogens is 3. The van der Waals surface area contributed by atoms with Gasteiger partial charge in [0.2, 0.25) is 17.7 Å². The van der Waals surface area contributed by atoms with Gasteiger partial charge in [-0.1, -0.05) is 79.9 Å². The zero-order valence-electron chi connectivity index (χ0n) is 24.1. The van der Waals surface area contributed by atoms with Gasteiger partial charge in [0.25, 0.3) is 0 Å². The minimum absolute atomic E-state index is 0.0691. The predicted molar refractivity (Wildman–Crippen MR) is 153 cm³/mol. The second-order valence-corrected chi connectivity index (χ2v) is 10.9. The second-order valence-electron chi connectivity index (χ2n) is 10.9. The molecule has 4 rings (SSSR count). The molecule has 234 valence electrons. The van der Waals surface area contributed by atoms with Crippen molar-refractivity contribution in [1.29, 1.82) is 0 Å². The topological polar surface area (TPSA) is 142 Å². The van der Waals surface area contributed by atoms with Gasteiger partial charge in [-0.15, -0.1) is 0 Å². The first-order valence-electron chi connectivity index (χ1n) is 14.5. The van der Waals surface area contributed by atoms with Crippen LogP contribution in [0.3, 0.4) is 0 Å². The monoisotopic (exact) mass is 604 g/mol. The Labute approximate surface area is 249 Å². The van der Waals surface area contributed by atoms with Gasteiger partial charge in [-0.25, -0.2) is 4.79 Å². The van der Waals surface area contributed by atoms with E-state index >= 15 is 0 Å². The molecule has 1 heterocycles. The van der Waals surface area contributed by atoms with E-state index in [1.165, 1.54) is 0 Å². The summed E-state index contributed by atoms with van der Waals surface area (Å²) in [4.78, 5) is 50.6. The average Bonchev–Trinajstić information content (AvgIpc) is 3.49. The van der Waals surface area contributed by atoms with Crippen LogP contribution in [0.4, 0.5) is 13.2 Å². The number of nitrogens with two attached hydrogens (primary N) is 1. The fourth-order valence-electron chi connectivity index (χ4n) is 5.50. The summed E-state index contributed by atoms with van der Waals surface area (Å²) in [5.41, 5.74) is 7.77. The molecule has 43 heavy (non-hydrogen) atoms.